The highest BCUT2D eigenvalue weighted by atomic mass is 16.3. The van der Waals surface area contributed by atoms with Gasteiger partial charge in [0.05, 0.1) is 5.41 Å². The Hall–Kier alpha value is -1.25. The molecule has 0 saturated heterocycles. The first-order chi connectivity index (χ1) is 5.96. The molecule has 0 spiro atoms. The van der Waals surface area contributed by atoms with Crippen molar-refractivity contribution in [2.45, 2.75) is 26.7 Å². The van der Waals surface area contributed by atoms with E-state index in [-0.39, 0.29) is 5.76 Å². The van der Waals surface area contributed by atoms with Crippen molar-refractivity contribution in [3.05, 3.63) is 23.5 Å². The highest BCUT2D eigenvalue weighted by Crippen LogP contribution is 2.33. The van der Waals surface area contributed by atoms with Crippen molar-refractivity contribution in [3.63, 3.8) is 0 Å². The molecule has 0 radical (unpaired) electrons. The molecule has 3 nitrogen and oxygen atoms in total. The first kappa shape index (κ1) is 9.84. The van der Waals surface area contributed by atoms with Gasteiger partial charge in [-0.05, 0) is 32.8 Å². The van der Waals surface area contributed by atoms with Crippen LogP contribution in [0.3, 0.4) is 0 Å². The second-order valence-corrected chi connectivity index (χ2v) is 3.77. The summed E-state index contributed by atoms with van der Waals surface area (Å²) in [5.74, 6) is -0.226. The van der Waals surface area contributed by atoms with Crippen LogP contribution >= 0.6 is 0 Å². The molecule has 0 saturated carbocycles. The summed E-state index contributed by atoms with van der Waals surface area (Å²) in [6.45, 7) is 3.44. The Kier molecular flexibility index (Phi) is 2.45. The van der Waals surface area contributed by atoms with Crippen LogP contribution in [0.25, 0.3) is 0 Å². The molecule has 0 aliphatic heterocycles. The van der Waals surface area contributed by atoms with Crippen LogP contribution in [-0.2, 0) is 4.79 Å². The summed E-state index contributed by atoms with van der Waals surface area (Å²) in [6, 6.07) is 0. The zero-order valence-electron chi connectivity index (χ0n) is 8.00. The Bertz CT molecular complexity index is 287. The SMILES string of the molecule is CC(C)(C(N)=O)C1=CCCC=C1O. The highest BCUT2D eigenvalue weighted by Gasteiger charge is 2.32. The van der Waals surface area contributed by atoms with Gasteiger partial charge in [-0.2, -0.15) is 0 Å². The molecule has 3 N–H and O–H groups in total. The van der Waals surface area contributed by atoms with Crippen molar-refractivity contribution in [1.29, 1.82) is 0 Å². The highest BCUT2D eigenvalue weighted by molar-refractivity contribution is 5.84. The summed E-state index contributed by atoms with van der Waals surface area (Å²) in [5.41, 5.74) is 5.11. The Morgan fingerprint density at radius 2 is 2.00 bits per heavy atom. The van der Waals surface area contributed by atoms with Crippen molar-refractivity contribution >= 4 is 5.91 Å². The summed E-state index contributed by atoms with van der Waals surface area (Å²) in [6.07, 6.45) is 5.28. The molecule has 0 unspecified atom stereocenters. The van der Waals surface area contributed by atoms with Crippen molar-refractivity contribution < 1.29 is 9.90 Å². The van der Waals surface area contributed by atoms with Gasteiger partial charge in [0.15, 0.2) is 0 Å². The molecule has 0 atom stereocenters. The third-order valence-corrected chi connectivity index (χ3v) is 2.42. The van der Waals surface area contributed by atoms with Crippen molar-refractivity contribution in [2.75, 3.05) is 0 Å². The molecule has 3 heteroatoms. The fourth-order valence-corrected chi connectivity index (χ4v) is 1.37. The molecule has 1 aliphatic rings. The lowest BCUT2D eigenvalue weighted by molar-refractivity contribution is -0.124. The molecule has 13 heavy (non-hydrogen) atoms. The standard InChI is InChI=1S/C10H15NO2/c1-10(2,9(11)13)7-5-3-4-6-8(7)12/h5-6,12H,3-4H2,1-2H3,(H2,11,13). The van der Waals surface area contributed by atoms with E-state index < -0.39 is 11.3 Å². The topological polar surface area (TPSA) is 63.3 Å². The van der Waals surface area contributed by atoms with E-state index in [4.69, 9.17) is 5.73 Å². The fraction of sp³-hybridized carbons (Fsp3) is 0.500. The van der Waals surface area contributed by atoms with Gasteiger partial charge in [-0.1, -0.05) is 6.08 Å². The number of rotatable bonds is 2. The summed E-state index contributed by atoms with van der Waals surface area (Å²) >= 11 is 0. The van der Waals surface area contributed by atoms with Gasteiger partial charge in [0, 0.05) is 5.57 Å². The molecular formula is C10H15NO2. The number of nitrogens with two attached hydrogens (primary N) is 1. The van der Waals surface area contributed by atoms with Crippen LogP contribution in [0.5, 0.6) is 0 Å². The van der Waals surface area contributed by atoms with Crippen LogP contribution in [0.4, 0.5) is 0 Å². The quantitative estimate of drug-likeness (QED) is 0.680. The third kappa shape index (κ3) is 1.74. The number of carbonyl (C=O) groups is 1. The van der Waals surface area contributed by atoms with E-state index >= 15 is 0 Å². The summed E-state index contributed by atoms with van der Waals surface area (Å²) in [4.78, 5) is 11.1. The van der Waals surface area contributed by atoms with E-state index in [1.807, 2.05) is 6.08 Å². The number of aliphatic hydroxyl groups excluding tert-OH is 1. The number of aliphatic hydroxyl groups is 1. The van der Waals surface area contributed by atoms with Crippen LogP contribution in [0.2, 0.25) is 0 Å². The Morgan fingerprint density at radius 3 is 2.46 bits per heavy atom. The number of amides is 1. The smallest absolute Gasteiger partial charge is 0.227 e. The van der Waals surface area contributed by atoms with Crippen LogP contribution in [0.15, 0.2) is 23.5 Å². The van der Waals surface area contributed by atoms with Crippen LogP contribution in [0, 0.1) is 5.41 Å². The van der Waals surface area contributed by atoms with Gasteiger partial charge in [-0.3, -0.25) is 4.79 Å². The summed E-state index contributed by atoms with van der Waals surface area (Å²) in [7, 11) is 0. The molecule has 0 aromatic heterocycles. The molecular weight excluding hydrogens is 166 g/mol. The predicted molar refractivity (Wildman–Crippen MR) is 51.0 cm³/mol. The zero-order chi connectivity index (χ0) is 10.1. The van der Waals surface area contributed by atoms with Crippen molar-refractivity contribution in [3.8, 4) is 0 Å². The van der Waals surface area contributed by atoms with E-state index in [0.717, 1.165) is 12.8 Å². The van der Waals surface area contributed by atoms with Gasteiger partial charge in [-0.25, -0.2) is 0 Å². The van der Waals surface area contributed by atoms with Gasteiger partial charge in [0.2, 0.25) is 5.91 Å². The normalized spacial score (nSPS) is 17.7. The van der Waals surface area contributed by atoms with Gasteiger partial charge in [0.25, 0.3) is 0 Å². The van der Waals surface area contributed by atoms with E-state index in [2.05, 4.69) is 0 Å². The van der Waals surface area contributed by atoms with Crippen LogP contribution in [-0.4, -0.2) is 11.0 Å². The lowest BCUT2D eigenvalue weighted by Crippen LogP contribution is -2.34. The first-order valence-corrected chi connectivity index (χ1v) is 4.36. The van der Waals surface area contributed by atoms with E-state index in [0.29, 0.717) is 5.57 Å². The molecule has 0 aromatic rings. The van der Waals surface area contributed by atoms with Crippen molar-refractivity contribution in [2.24, 2.45) is 11.1 Å². The average molecular weight is 181 g/mol. The van der Waals surface area contributed by atoms with E-state index in [9.17, 15) is 9.90 Å². The zero-order valence-corrected chi connectivity index (χ0v) is 8.00. The fourth-order valence-electron chi connectivity index (χ4n) is 1.37. The number of carbonyl (C=O) groups excluding carboxylic acids is 1. The Morgan fingerprint density at radius 1 is 1.46 bits per heavy atom. The summed E-state index contributed by atoms with van der Waals surface area (Å²) in [5, 5.41) is 9.54. The largest absolute Gasteiger partial charge is 0.508 e. The Labute approximate surface area is 77.9 Å². The maximum absolute atomic E-state index is 11.1. The minimum atomic E-state index is -0.777. The number of allylic oxidation sites excluding steroid dienone is 3. The molecule has 1 aliphatic carbocycles. The minimum absolute atomic E-state index is 0.190. The van der Waals surface area contributed by atoms with Crippen LogP contribution < -0.4 is 5.73 Å². The lowest BCUT2D eigenvalue weighted by Gasteiger charge is -2.25. The second-order valence-electron chi connectivity index (χ2n) is 3.77. The molecule has 0 fully saturated rings. The average Bonchev–Trinajstić information content (AvgIpc) is 2.04. The number of primary amides is 1. The van der Waals surface area contributed by atoms with Gasteiger partial charge in [0.1, 0.15) is 5.76 Å². The van der Waals surface area contributed by atoms with Gasteiger partial charge >= 0.3 is 0 Å². The van der Waals surface area contributed by atoms with E-state index in [1.54, 1.807) is 19.9 Å². The number of hydrogen-bond donors (Lipinski definition) is 2. The van der Waals surface area contributed by atoms with Gasteiger partial charge in [-0.15, -0.1) is 0 Å². The Balaban J connectivity index is 3.00. The maximum Gasteiger partial charge on any atom is 0.227 e. The van der Waals surface area contributed by atoms with Gasteiger partial charge < -0.3 is 10.8 Å². The maximum atomic E-state index is 11.1. The van der Waals surface area contributed by atoms with Crippen molar-refractivity contribution in [1.82, 2.24) is 0 Å². The van der Waals surface area contributed by atoms with Crippen LogP contribution in [0.1, 0.15) is 26.7 Å². The third-order valence-electron chi connectivity index (χ3n) is 2.42. The first-order valence-electron chi connectivity index (χ1n) is 4.36. The lowest BCUT2D eigenvalue weighted by atomic mass is 9.80. The molecule has 1 amide bonds. The predicted octanol–water partition coefficient (Wildman–Crippen LogP) is 1.66. The monoisotopic (exact) mass is 181 g/mol. The molecule has 1 rings (SSSR count). The molecule has 72 valence electrons. The molecule has 0 bridgehead atoms. The molecule has 0 heterocycles. The molecule has 0 aromatic carbocycles. The second kappa shape index (κ2) is 3.24. The summed E-state index contributed by atoms with van der Waals surface area (Å²) < 4.78 is 0. The van der Waals surface area contributed by atoms with E-state index in [1.165, 1.54) is 0 Å². The minimum Gasteiger partial charge on any atom is -0.508 e. The number of hydrogen-bond acceptors (Lipinski definition) is 2.